The smallest absolute Gasteiger partial charge is 0.0257 e. The summed E-state index contributed by atoms with van der Waals surface area (Å²) in [6, 6.07) is 9.26. The van der Waals surface area contributed by atoms with E-state index in [1.54, 1.807) is 0 Å². The second-order valence-electron chi connectivity index (χ2n) is 1.88. The Kier molecular flexibility index (Phi) is 2.29. The highest BCUT2D eigenvalue weighted by Gasteiger charge is 1.88. The SMILES string of the molecule is CCc1[c]c(Br)ccc1. The van der Waals surface area contributed by atoms with Crippen molar-refractivity contribution in [2.45, 2.75) is 13.3 Å². The molecule has 0 fully saturated rings. The number of rotatable bonds is 1. The predicted octanol–water partition coefficient (Wildman–Crippen LogP) is 2.81. The monoisotopic (exact) mass is 183 g/mol. The maximum Gasteiger partial charge on any atom is 0.0257 e. The first-order chi connectivity index (χ1) is 4.33. The quantitative estimate of drug-likeness (QED) is 0.629. The minimum atomic E-state index is 1.04. The Balaban J connectivity index is 2.94. The molecule has 0 aliphatic carbocycles. The van der Waals surface area contributed by atoms with Gasteiger partial charge in [-0.15, -0.1) is 0 Å². The summed E-state index contributed by atoms with van der Waals surface area (Å²) < 4.78 is 1.04. The molecule has 0 atom stereocenters. The van der Waals surface area contributed by atoms with Crippen LogP contribution in [0.5, 0.6) is 0 Å². The molecule has 1 aromatic carbocycles. The first-order valence-corrected chi connectivity index (χ1v) is 3.79. The van der Waals surface area contributed by atoms with Gasteiger partial charge in [0.05, 0.1) is 0 Å². The molecule has 0 heterocycles. The lowest BCUT2D eigenvalue weighted by Gasteiger charge is -1.93. The Bertz CT molecular complexity index is 194. The average molecular weight is 184 g/mol. The van der Waals surface area contributed by atoms with E-state index in [-0.39, 0.29) is 0 Å². The molecule has 0 saturated carbocycles. The molecule has 47 valence electrons. The van der Waals surface area contributed by atoms with Gasteiger partial charge in [0, 0.05) is 10.5 Å². The molecule has 0 bridgehead atoms. The van der Waals surface area contributed by atoms with Gasteiger partial charge in [-0.1, -0.05) is 35.0 Å². The third-order valence-electron chi connectivity index (χ3n) is 1.20. The van der Waals surface area contributed by atoms with E-state index in [9.17, 15) is 0 Å². The van der Waals surface area contributed by atoms with E-state index in [2.05, 4.69) is 35.0 Å². The van der Waals surface area contributed by atoms with Crippen LogP contribution in [0.3, 0.4) is 0 Å². The maximum absolute atomic E-state index is 3.35. The van der Waals surface area contributed by atoms with Gasteiger partial charge in [-0.2, -0.15) is 0 Å². The highest BCUT2D eigenvalue weighted by molar-refractivity contribution is 9.10. The summed E-state index contributed by atoms with van der Waals surface area (Å²) >= 11 is 3.35. The van der Waals surface area contributed by atoms with E-state index in [1.165, 1.54) is 5.56 Å². The van der Waals surface area contributed by atoms with Gasteiger partial charge >= 0.3 is 0 Å². The zero-order valence-corrected chi connectivity index (χ0v) is 6.90. The number of halogens is 1. The Labute approximate surface area is 64.0 Å². The molecular formula is C8H8Br. The van der Waals surface area contributed by atoms with Crippen LogP contribution in [0.4, 0.5) is 0 Å². The van der Waals surface area contributed by atoms with Crippen molar-refractivity contribution in [1.29, 1.82) is 0 Å². The lowest BCUT2D eigenvalue weighted by atomic mass is 10.2. The second kappa shape index (κ2) is 3.02. The van der Waals surface area contributed by atoms with Crippen molar-refractivity contribution < 1.29 is 0 Å². The molecule has 1 radical (unpaired) electrons. The van der Waals surface area contributed by atoms with Gasteiger partial charge < -0.3 is 0 Å². The molecule has 0 spiro atoms. The van der Waals surface area contributed by atoms with Crippen LogP contribution < -0.4 is 0 Å². The van der Waals surface area contributed by atoms with Gasteiger partial charge in [-0.25, -0.2) is 0 Å². The van der Waals surface area contributed by atoms with Crippen LogP contribution in [0.25, 0.3) is 0 Å². The fourth-order valence-electron chi connectivity index (χ4n) is 0.692. The third-order valence-corrected chi connectivity index (χ3v) is 1.66. The Morgan fingerprint density at radius 1 is 1.56 bits per heavy atom. The Morgan fingerprint density at radius 2 is 2.33 bits per heavy atom. The van der Waals surface area contributed by atoms with Crippen molar-refractivity contribution in [2.75, 3.05) is 0 Å². The fourth-order valence-corrected chi connectivity index (χ4v) is 1.10. The van der Waals surface area contributed by atoms with Crippen molar-refractivity contribution in [3.05, 3.63) is 34.3 Å². The van der Waals surface area contributed by atoms with Crippen molar-refractivity contribution in [3.8, 4) is 0 Å². The maximum atomic E-state index is 3.35. The van der Waals surface area contributed by atoms with Gasteiger partial charge in [0.15, 0.2) is 0 Å². The van der Waals surface area contributed by atoms with Crippen molar-refractivity contribution >= 4 is 15.9 Å². The van der Waals surface area contributed by atoms with Gasteiger partial charge in [-0.05, 0) is 18.1 Å². The topological polar surface area (TPSA) is 0 Å². The molecule has 0 saturated heterocycles. The molecule has 0 aromatic heterocycles. The molecule has 0 amide bonds. The Hall–Kier alpha value is -0.300. The summed E-state index contributed by atoms with van der Waals surface area (Å²) in [4.78, 5) is 0. The minimum Gasteiger partial charge on any atom is -0.0613 e. The highest BCUT2D eigenvalue weighted by Crippen LogP contribution is 2.10. The molecule has 0 aliphatic heterocycles. The molecule has 9 heavy (non-hydrogen) atoms. The van der Waals surface area contributed by atoms with Crippen LogP contribution in [-0.2, 0) is 6.42 Å². The van der Waals surface area contributed by atoms with Gasteiger partial charge in [-0.3, -0.25) is 0 Å². The van der Waals surface area contributed by atoms with E-state index in [0.717, 1.165) is 10.9 Å². The van der Waals surface area contributed by atoms with Crippen molar-refractivity contribution in [3.63, 3.8) is 0 Å². The largest absolute Gasteiger partial charge is 0.0613 e. The molecule has 0 aliphatic rings. The molecule has 0 N–H and O–H groups in total. The number of benzene rings is 1. The zero-order chi connectivity index (χ0) is 6.69. The van der Waals surface area contributed by atoms with Gasteiger partial charge in [0.25, 0.3) is 0 Å². The van der Waals surface area contributed by atoms with Crippen LogP contribution >= 0.6 is 15.9 Å². The molecule has 1 heteroatoms. The summed E-state index contributed by atoms with van der Waals surface area (Å²) in [5, 5.41) is 0. The lowest BCUT2D eigenvalue weighted by molar-refractivity contribution is 1.13. The minimum absolute atomic E-state index is 1.04. The van der Waals surface area contributed by atoms with E-state index >= 15 is 0 Å². The number of hydrogen-bond acceptors (Lipinski definition) is 0. The summed E-state index contributed by atoms with van der Waals surface area (Å²) in [7, 11) is 0. The van der Waals surface area contributed by atoms with Crippen molar-refractivity contribution in [2.24, 2.45) is 0 Å². The van der Waals surface area contributed by atoms with Crippen LogP contribution in [0, 0.1) is 6.07 Å². The predicted molar refractivity (Wildman–Crippen MR) is 42.4 cm³/mol. The van der Waals surface area contributed by atoms with Crippen molar-refractivity contribution in [1.82, 2.24) is 0 Å². The van der Waals surface area contributed by atoms with Crippen LogP contribution in [-0.4, -0.2) is 0 Å². The van der Waals surface area contributed by atoms with E-state index in [0.29, 0.717) is 0 Å². The molecular weight excluding hydrogens is 176 g/mol. The lowest BCUT2D eigenvalue weighted by Crippen LogP contribution is -1.77. The fraction of sp³-hybridized carbons (Fsp3) is 0.250. The van der Waals surface area contributed by atoms with E-state index < -0.39 is 0 Å². The number of aryl methyl sites for hydroxylation is 1. The van der Waals surface area contributed by atoms with Crippen LogP contribution in [0.15, 0.2) is 22.7 Å². The number of hydrogen-bond donors (Lipinski definition) is 0. The standard InChI is InChI=1S/C8H8Br/c1-2-7-4-3-5-8(9)6-7/h3-5H,2H2,1H3. The molecule has 0 unspecified atom stereocenters. The van der Waals surface area contributed by atoms with Crippen LogP contribution in [0.2, 0.25) is 0 Å². The van der Waals surface area contributed by atoms with Crippen LogP contribution in [0.1, 0.15) is 12.5 Å². The second-order valence-corrected chi connectivity index (χ2v) is 2.73. The summed E-state index contributed by atoms with van der Waals surface area (Å²) in [5.41, 5.74) is 1.25. The first-order valence-electron chi connectivity index (χ1n) is 2.99. The highest BCUT2D eigenvalue weighted by atomic mass is 79.9. The van der Waals surface area contributed by atoms with E-state index in [1.807, 2.05) is 12.1 Å². The van der Waals surface area contributed by atoms with E-state index in [4.69, 9.17) is 0 Å². The molecule has 1 rings (SSSR count). The third kappa shape index (κ3) is 1.83. The molecule has 1 aromatic rings. The van der Waals surface area contributed by atoms with Gasteiger partial charge in [0.2, 0.25) is 0 Å². The zero-order valence-electron chi connectivity index (χ0n) is 5.32. The average Bonchev–Trinajstić information content (AvgIpc) is 1.88. The first kappa shape index (κ1) is 6.81. The normalized spacial score (nSPS) is 9.56. The Morgan fingerprint density at radius 3 is 2.78 bits per heavy atom. The summed E-state index contributed by atoms with van der Waals surface area (Å²) in [6.07, 6.45) is 1.06. The molecule has 0 nitrogen and oxygen atoms in total. The summed E-state index contributed by atoms with van der Waals surface area (Å²) in [5.74, 6) is 0. The van der Waals surface area contributed by atoms with Gasteiger partial charge in [0.1, 0.15) is 0 Å². The summed E-state index contributed by atoms with van der Waals surface area (Å²) in [6.45, 7) is 2.12.